The van der Waals surface area contributed by atoms with Crippen molar-refractivity contribution >= 4 is 27.7 Å². The molecule has 2 rings (SSSR count). The van der Waals surface area contributed by atoms with Crippen LogP contribution in [0.3, 0.4) is 0 Å². The molecule has 0 saturated heterocycles. The van der Waals surface area contributed by atoms with Crippen LogP contribution in [0.25, 0.3) is 0 Å². The van der Waals surface area contributed by atoms with E-state index < -0.39 is 0 Å². The van der Waals surface area contributed by atoms with E-state index >= 15 is 0 Å². The van der Waals surface area contributed by atoms with Crippen molar-refractivity contribution in [3.05, 3.63) is 69.7 Å². The highest BCUT2D eigenvalue weighted by Gasteiger charge is 2.11. The van der Waals surface area contributed by atoms with Crippen LogP contribution in [0.5, 0.6) is 0 Å². The third-order valence-corrected chi connectivity index (χ3v) is 4.11. The number of amides is 2. The van der Waals surface area contributed by atoms with E-state index in [1.54, 1.807) is 18.2 Å². The molecular formula is C18H20BrN3O2. The van der Waals surface area contributed by atoms with Gasteiger partial charge >= 0.3 is 0 Å². The Balaban J connectivity index is 1.79. The van der Waals surface area contributed by atoms with Gasteiger partial charge in [-0.2, -0.15) is 0 Å². The number of carbonyl (C=O) groups excluding carboxylic acids is 2. The van der Waals surface area contributed by atoms with Gasteiger partial charge in [-0.25, -0.2) is 0 Å². The maximum atomic E-state index is 12.0. The molecule has 0 unspecified atom stereocenters. The molecule has 0 radical (unpaired) electrons. The van der Waals surface area contributed by atoms with E-state index in [0.29, 0.717) is 16.6 Å². The van der Waals surface area contributed by atoms with Crippen LogP contribution in [0.2, 0.25) is 0 Å². The number of likely N-dealkylation sites (N-methyl/N-ethyl adjacent to an activating group) is 1. The largest absolute Gasteiger partial charge is 0.293 e. The van der Waals surface area contributed by atoms with Crippen molar-refractivity contribution in [3.63, 3.8) is 0 Å². The van der Waals surface area contributed by atoms with E-state index in [4.69, 9.17) is 0 Å². The third kappa shape index (κ3) is 5.47. The van der Waals surface area contributed by atoms with E-state index in [1.165, 1.54) is 5.56 Å². The molecule has 2 N–H and O–H groups in total. The molecule has 2 aromatic carbocycles. The number of hydrogen-bond acceptors (Lipinski definition) is 3. The second kappa shape index (κ2) is 8.61. The van der Waals surface area contributed by atoms with Crippen molar-refractivity contribution in [1.82, 2.24) is 15.8 Å². The maximum absolute atomic E-state index is 12.0. The van der Waals surface area contributed by atoms with E-state index in [0.717, 1.165) is 5.56 Å². The minimum Gasteiger partial charge on any atom is -0.293 e. The van der Waals surface area contributed by atoms with Crippen LogP contribution in [0, 0.1) is 6.92 Å². The van der Waals surface area contributed by atoms with Crippen LogP contribution in [0.4, 0.5) is 0 Å². The molecule has 126 valence electrons. The molecule has 0 saturated carbocycles. The SMILES string of the molecule is Cc1ccc(CN(C)CC(=O)NNC(=O)c2ccccc2Br)cc1. The van der Waals surface area contributed by atoms with Crippen LogP contribution in [-0.4, -0.2) is 30.3 Å². The zero-order chi connectivity index (χ0) is 17.5. The lowest BCUT2D eigenvalue weighted by Crippen LogP contribution is -2.45. The number of hydrogen-bond donors (Lipinski definition) is 2. The average Bonchev–Trinajstić information content (AvgIpc) is 2.55. The smallest absolute Gasteiger partial charge is 0.270 e. The van der Waals surface area contributed by atoms with Crippen LogP contribution >= 0.6 is 15.9 Å². The predicted molar refractivity (Wildman–Crippen MR) is 97.3 cm³/mol. The molecular weight excluding hydrogens is 370 g/mol. The Labute approximate surface area is 150 Å². The number of nitrogens with one attached hydrogen (secondary N) is 2. The molecule has 0 fully saturated rings. The summed E-state index contributed by atoms with van der Waals surface area (Å²) in [7, 11) is 1.86. The summed E-state index contributed by atoms with van der Waals surface area (Å²) < 4.78 is 0.674. The number of rotatable bonds is 5. The normalized spacial score (nSPS) is 10.5. The summed E-state index contributed by atoms with van der Waals surface area (Å²) in [6, 6.07) is 15.2. The lowest BCUT2D eigenvalue weighted by Gasteiger charge is -2.17. The highest BCUT2D eigenvalue weighted by molar-refractivity contribution is 9.10. The first kappa shape index (κ1) is 18.2. The van der Waals surface area contributed by atoms with Crippen molar-refractivity contribution in [1.29, 1.82) is 0 Å². The zero-order valence-electron chi connectivity index (χ0n) is 13.7. The topological polar surface area (TPSA) is 61.4 Å². The summed E-state index contributed by atoms with van der Waals surface area (Å²) in [6.45, 7) is 2.88. The van der Waals surface area contributed by atoms with Crippen LogP contribution in [0.1, 0.15) is 21.5 Å². The van der Waals surface area contributed by atoms with E-state index in [2.05, 4.69) is 26.8 Å². The Bertz CT molecular complexity index is 716. The number of hydrazine groups is 1. The first-order chi connectivity index (χ1) is 11.5. The molecule has 0 aliphatic heterocycles. The van der Waals surface area contributed by atoms with Gasteiger partial charge in [0.05, 0.1) is 12.1 Å². The fraction of sp³-hybridized carbons (Fsp3) is 0.222. The van der Waals surface area contributed by atoms with Gasteiger partial charge in [0.25, 0.3) is 11.8 Å². The summed E-state index contributed by atoms with van der Waals surface area (Å²) in [6.07, 6.45) is 0. The lowest BCUT2D eigenvalue weighted by atomic mass is 10.1. The van der Waals surface area contributed by atoms with Crippen molar-refractivity contribution in [2.45, 2.75) is 13.5 Å². The molecule has 2 amide bonds. The van der Waals surface area contributed by atoms with Gasteiger partial charge in [-0.15, -0.1) is 0 Å². The first-order valence-electron chi connectivity index (χ1n) is 7.53. The summed E-state index contributed by atoms with van der Waals surface area (Å²) >= 11 is 3.30. The third-order valence-electron chi connectivity index (χ3n) is 3.42. The van der Waals surface area contributed by atoms with Gasteiger partial charge in [0.15, 0.2) is 0 Å². The van der Waals surface area contributed by atoms with Gasteiger partial charge in [0.1, 0.15) is 0 Å². The van der Waals surface area contributed by atoms with Gasteiger partial charge in [0.2, 0.25) is 0 Å². The van der Waals surface area contributed by atoms with Gasteiger partial charge in [0, 0.05) is 11.0 Å². The summed E-state index contributed by atoms with van der Waals surface area (Å²) in [4.78, 5) is 25.8. The van der Waals surface area contributed by atoms with Crippen molar-refractivity contribution in [2.75, 3.05) is 13.6 Å². The lowest BCUT2D eigenvalue weighted by molar-refractivity contribution is -0.122. The summed E-state index contributed by atoms with van der Waals surface area (Å²) in [5.74, 6) is -0.637. The number of carbonyl (C=O) groups is 2. The van der Waals surface area contributed by atoms with Crippen LogP contribution < -0.4 is 10.9 Å². The molecule has 0 aromatic heterocycles. The van der Waals surface area contributed by atoms with Crippen molar-refractivity contribution in [2.24, 2.45) is 0 Å². The monoisotopic (exact) mass is 389 g/mol. The Kier molecular flexibility index (Phi) is 6.52. The molecule has 0 aliphatic rings. The zero-order valence-corrected chi connectivity index (χ0v) is 15.3. The minimum atomic E-state index is -0.364. The molecule has 0 aliphatic carbocycles. The van der Waals surface area contributed by atoms with Gasteiger partial charge in [-0.3, -0.25) is 25.3 Å². The average molecular weight is 390 g/mol. The molecule has 0 atom stereocenters. The van der Waals surface area contributed by atoms with E-state index in [9.17, 15) is 9.59 Å². The second-order valence-corrected chi connectivity index (χ2v) is 6.49. The second-order valence-electron chi connectivity index (χ2n) is 5.64. The molecule has 5 nitrogen and oxygen atoms in total. The van der Waals surface area contributed by atoms with E-state index in [1.807, 2.05) is 49.2 Å². The van der Waals surface area contributed by atoms with Crippen molar-refractivity contribution < 1.29 is 9.59 Å². The Morgan fingerprint density at radius 2 is 1.71 bits per heavy atom. The molecule has 0 spiro atoms. The maximum Gasteiger partial charge on any atom is 0.270 e. The fourth-order valence-corrected chi connectivity index (χ4v) is 2.65. The van der Waals surface area contributed by atoms with Crippen LogP contribution in [0.15, 0.2) is 53.0 Å². The Hall–Kier alpha value is -2.18. The van der Waals surface area contributed by atoms with Gasteiger partial charge in [-0.05, 0) is 47.6 Å². The minimum absolute atomic E-state index is 0.185. The number of aryl methyl sites for hydroxylation is 1. The molecule has 0 heterocycles. The molecule has 24 heavy (non-hydrogen) atoms. The number of halogens is 1. The number of nitrogens with zero attached hydrogens (tertiary/aromatic N) is 1. The van der Waals surface area contributed by atoms with Crippen molar-refractivity contribution in [3.8, 4) is 0 Å². The first-order valence-corrected chi connectivity index (χ1v) is 8.33. The van der Waals surface area contributed by atoms with Gasteiger partial charge in [-0.1, -0.05) is 42.0 Å². The summed E-state index contributed by atoms with van der Waals surface area (Å²) in [5.41, 5.74) is 7.65. The molecule has 2 aromatic rings. The Morgan fingerprint density at radius 3 is 2.38 bits per heavy atom. The summed E-state index contributed by atoms with van der Waals surface area (Å²) in [5, 5.41) is 0. The highest BCUT2D eigenvalue weighted by Crippen LogP contribution is 2.15. The fourth-order valence-electron chi connectivity index (χ4n) is 2.18. The predicted octanol–water partition coefficient (Wildman–Crippen LogP) is 2.65. The van der Waals surface area contributed by atoms with Crippen LogP contribution in [-0.2, 0) is 11.3 Å². The molecule has 6 heteroatoms. The Morgan fingerprint density at radius 1 is 1.04 bits per heavy atom. The van der Waals surface area contributed by atoms with E-state index in [-0.39, 0.29) is 18.4 Å². The molecule has 0 bridgehead atoms. The highest BCUT2D eigenvalue weighted by atomic mass is 79.9. The number of benzene rings is 2. The van der Waals surface area contributed by atoms with Gasteiger partial charge < -0.3 is 0 Å². The standard InChI is InChI=1S/C18H20BrN3O2/c1-13-7-9-14(10-8-13)11-22(2)12-17(23)20-21-18(24)15-5-3-4-6-16(15)19/h3-10H,11-12H2,1-2H3,(H,20,23)(H,21,24). The quantitative estimate of drug-likeness (QED) is 0.772.